The summed E-state index contributed by atoms with van der Waals surface area (Å²) in [5.41, 5.74) is 6.90. The Bertz CT molecular complexity index is 1440. The molecule has 10 heteroatoms. The summed E-state index contributed by atoms with van der Waals surface area (Å²) in [5.74, 6) is 7.13. The van der Waals surface area contributed by atoms with Crippen molar-refractivity contribution < 1.29 is 14.4 Å². The van der Waals surface area contributed by atoms with Crippen molar-refractivity contribution in [2.75, 3.05) is 12.3 Å². The van der Waals surface area contributed by atoms with Gasteiger partial charge in [-0.2, -0.15) is 10.1 Å². The predicted molar refractivity (Wildman–Crippen MR) is 124 cm³/mol. The molecule has 5 rings (SSSR count). The molecule has 1 fully saturated rings. The van der Waals surface area contributed by atoms with Crippen LogP contribution in [0.15, 0.2) is 41.1 Å². The fourth-order valence-corrected chi connectivity index (χ4v) is 4.18. The topological polar surface area (TPSA) is 136 Å². The Morgan fingerprint density at radius 2 is 2.18 bits per heavy atom. The minimum Gasteiger partial charge on any atom is -0.372 e. The molecular weight excluding hydrogens is 434 g/mol. The largest absolute Gasteiger partial charge is 0.372 e. The minimum absolute atomic E-state index is 0.117. The number of carbonyl (C=O) groups excluding carboxylic acids is 1. The van der Waals surface area contributed by atoms with Gasteiger partial charge < -0.3 is 20.3 Å². The number of anilines is 1. The molecule has 2 unspecified atom stereocenters. The Morgan fingerprint density at radius 1 is 1.32 bits per heavy atom. The molecule has 34 heavy (non-hydrogen) atoms. The number of fused-ring (bicyclic) bond motifs is 1. The van der Waals surface area contributed by atoms with Crippen LogP contribution in [0.1, 0.15) is 48.5 Å². The van der Waals surface area contributed by atoms with Crippen LogP contribution in [-0.4, -0.2) is 47.9 Å². The fourth-order valence-electron chi connectivity index (χ4n) is 4.18. The number of amides is 1. The summed E-state index contributed by atoms with van der Waals surface area (Å²) in [4.78, 5) is 21.7. The maximum Gasteiger partial charge on any atom is 0.221 e. The quantitative estimate of drug-likeness (QED) is 0.352. The minimum atomic E-state index is -1.48. The first-order valence-corrected chi connectivity index (χ1v) is 10.9. The maximum atomic E-state index is 11.6. The van der Waals surface area contributed by atoms with E-state index in [-0.39, 0.29) is 12.0 Å². The van der Waals surface area contributed by atoms with Crippen LogP contribution >= 0.6 is 0 Å². The Balaban J connectivity index is 1.62. The molecule has 0 aliphatic carbocycles. The van der Waals surface area contributed by atoms with E-state index in [1.54, 1.807) is 41.8 Å². The van der Waals surface area contributed by atoms with Crippen molar-refractivity contribution in [2.24, 2.45) is 0 Å². The Hall–Kier alpha value is -4.23. The van der Waals surface area contributed by atoms with Crippen LogP contribution in [0.2, 0.25) is 0 Å². The SMILES string of the molecule is Cc1cc(C(C)(O)C#Cc2ccc3c(C4CCCN4C=O)nn(-c4ccnc(N)n4)c3c2)no1. The summed E-state index contributed by atoms with van der Waals surface area (Å²) >= 11 is 0. The molecule has 1 saturated heterocycles. The highest BCUT2D eigenvalue weighted by atomic mass is 16.5. The van der Waals surface area contributed by atoms with E-state index in [2.05, 4.69) is 27.0 Å². The van der Waals surface area contributed by atoms with E-state index in [0.717, 1.165) is 35.8 Å². The molecule has 172 valence electrons. The Kier molecular flexibility index (Phi) is 5.26. The van der Waals surface area contributed by atoms with Gasteiger partial charge in [-0.05, 0) is 44.9 Å². The summed E-state index contributed by atoms with van der Waals surface area (Å²) in [6, 6.07) is 8.92. The normalized spacial score (nSPS) is 17.4. The zero-order chi connectivity index (χ0) is 23.9. The van der Waals surface area contributed by atoms with Crippen molar-refractivity contribution in [3.05, 3.63) is 59.2 Å². The van der Waals surface area contributed by atoms with Crippen molar-refractivity contribution >= 4 is 23.3 Å². The molecule has 0 radical (unpaired) electrons. The third-order valence-corrected chi connectivity index (χ3v) is 5.91. The summed E-state index contributed by atoms with van der Waals surface area (Å²) in [6.07, 6.45) is 4.19. The molecule has 3 aromatic heterocycles. The summed E-state index contributed by atoms with van der Waals surface area (Å²) in [7, 11) is 0. The average Bonchev–Trinajstić information content (AvgIpc) is 3.55. The van der Waals surface area contributed by atoms with Gasteiger partial charge in [-0.1, -0.05) is 17.0 Å². The molecule has 1 aromatic carbocycles. The van der Waals surface area contributed by atoms with Crippen molar-refractivity contribution in [3.8, 4) is 17.7 Å². The lowest BCUT2D eigenvalue weighted by atomic mass is 10.0. The molecule has 1 aliphatic rings. The summed E-state index contributed by atoms with van der Waals surface area (Å²) in [5, 5.41) is 20.4. The van der Waals surface area contributed by atoms with Crippen LogP contribution < -0.4 is 5.73 Å². The van der Waals surface area contributed by atoms with Crippen LogP contribution in [0.5, 0.6) is 0 Å². The van der Waals surface area contributed by atoms with Crippen molar-refractivity contribution in [1.82, 2.24) is 29.8 Å². The number of nitrogens with zero attached hydrogens (tertiary/aromatic N) is 6. The third-order valence-electron chi connectivity index (χ3n) is 5.91. The molecule has 4 aromatic rings. The maximum absolute atomic E-state index is 11.6. The number of benzene rings is 1. The number of nitrogen functional groups attached to an aromatic ring is 1. The van der Waals surface area contributed by atoms with Gasteiger partial charge in [0.15, 0.2) is 11.4 Å². The molecule has 2 atom stereocenters. The second-order valence-corrected chi connectivity index (χ2v) is 8.45. The molecule has 0 spiro atoms. The number of aryl methyl sites for hydroxylation is 1. The Labute approximate surface area is 195 Å². The number of rotatable bonds is 4. The first-order chi connectivity index (χ1) is 16.4. The highest BCUT2D eigenvalue weighted by Crippen LogP contribution is 2.35. The zero-order valence-corrected chi connectivity index (χ0v) is 18.8. The second kappa shape index (κ2) is 8.28. The lowest BCUT2D eigenvalue weighted by Crippen LogP contribution is -2.21. The van der Waals surface area contributed by atoms with Gasteiger partial charge in [0.05, 0.1) is 17.3 Å². The Morgan fingerprint density at radius 3 is 2.91 bits per heavy atom. The van der Waals surface area contributed by atoms with E-state index >= 15 is 0 Å². The van der Waals surface area contributed by atoms with Gasteiger partial charge in [0.2, 0.25) is 12.4 Å². The number of aromatic nitrogens is 5. The van der Waals surface area contributed by atoms with Crippen LogP contribution in [0.4, 0.5) is 5.95 Å². The number of hydrogen-bond acceptors (Lipinski definition) is 8. The third kappa shape index (κ3) is 3.86. The van der Waals surface area contributed by atoms with E-state index in [9.17, 15) is 9.90 Å². The van der Waals surface area contributed by atoms with E-state index < -0.39 is 5.60 Å². The van der Waals surface area contributed by atoms with Crippen molar-refractivity contribution in [3.63, 3.8) is 0 Å². The number of aliphatic hydroxyl groups is 1. The van der Waals surface area contributed by atoms with Gasteiger partial charge in [0.25, 0.3) is 0 Å². The number of nitrogens with two attached hydrogens (primary N) is 1. The van der Waals surface area contributed by atoms with Crippen molar-refractivity contribution in [1.29, 1.82) is 0 Å². The first-order valence-electron chi connectivity index (χ1n) is 10.9. The van der Waals surface area contributed by atoms with Crippen LogP contribution in [0, 0.1) is 18.8 Å². The molecule has 0 bridgehead atoms. The standard InChI is InChI=1S/C24H23N7O3/c1-15-12-20(29-34-15)24(2,33)9-7-16-5-6-17-19(13-16)31(21-8-10-26-23(25)27-21)28-22(17)18-4-3-11-30(18)14-32/h5-6,8,10,12-14,18,33H,3-4,11H2,1-2H3,(H2,25,26,27). The van der Waals surface area contributed by atoms with Crippen LogP contribution in [0.25, 0.3) is 16.7 Å². The highest BCUT2D eigenvalue weighted by Gasteiger charge is 2.30. The van der Waals surface area contributed by atoms with Gasteiger partial charge in [-0.3, -0.25) is 4.79 Å². The lowest BCUT2D eigenvalue weighted by Gasteiger charge is -2.18. The van der Waals surface area contributed by atoms with Gasteiger partial charge >= 0.3 is 0 Å². The zero-order valence-electron chi connectivity index (χ0n) is 18.8. The van der Waals surface area contributed by atoms with Gasteiger partial charge in [0.1, 0.15) is 11.5 Å². The summed E-state index contributed by atoms with van der Waals surface area (Å²) < 4.78 is 6.75. The lowest BCUT2D eigenvalue weighted by molar-refractivity contribution is -0.119. The van der Waals surface area contributed by atoms with Gasteiger partial charge in [-0.15, -0.1) is 0 Å². The average molecular weight is 457 g/mol. The van der Waals surface area contributed by atoms with E-state index in [1.165, 1.54) is 0 Å². The molecule has 3 N–H and O–H groups in total. The molecule has 4 heterocycles. The fraction of sp³-hybridized carbons (Fsp3) is 0.292. The number of carbonyl (C=O) groups is 1. The molecule has 1 aliphatic heterocycles. The van der Waals surface area contributed by atoms with Crippen molar-refractivity contribution in [2.45, 2.75) is 38.3 Å². The van der Waals surface area contributed by atoms with E-state index in [1.807, 2.05) is 18.2 Å². The highest BCUT2D eigenvalue weighted by molar-refractivity contribution is 5.85. The second-order valence-electron chi connectivity index (χ2n) is 8.45. The predicted octanol–water partition coefficient (Wildman–Crippen LogP) is 2.25. The van der Waals surface area contributed by atoms with Gasteiger partial charge in [0, 0.05) is 35.8 Å². The molecule has 0 saturated carbocycles. The summed E-state index contributed by atoms with van der Waals surface area (Å²) in [6.45, 7) is 4.02. The van der Waals surface area contributed by atoms with Gasteiger partial charge in [-0.25, -0.2) is 9.67 Å². The number of hydrogen-bond donors (Lipinski definition) is 2. The monoisotopic (exact) mass is 457 g/mol. The number of likely N-dealkylation sites (tertiary alicyclic amines) is 1. The smallest absolute Gasteiger partial charge is 0.221 e. The first kappa shape index (κ1) is 21.6. The van der Waals surface area contributed by atoms with Crippen LogP contribution in [0.3, 0.4) is 0 Å². The molecular formula is C24H23N7O3. The van der Waals surface area contributed by atoms with E-state index in [0.29, 0.717) is 29.4 Å². The van der Waals surface area contributed by atoms with E-state index in [4.69, 9.17) is 15.4 Å². The molecule has 10 nitrogen and oxygen atoms in total. The molecule has 1 amide bonds. The van der Waals surface area contributed by atoms with Crippen LogP contribution in [-0.2, 0) is 10.4 Å².